The second-order valence-electron chi connectivity index (χ2n) is 4.48. The summed E-state index contributed by atoms with van der Waals surface area (Å²) in [7, 11) is 0. The third-order valence-electron chi connectivity index (χ3n) is 2.85. The molecule has 0 radical (unpaired) electrons. The molecule has 1 atom stereocenters. The van der Waals surface area contributed by atoms with Gasteiger partial charge in [-0.1, -0.05) is 56.5 Å². The molecule has 0 bridgehead atoms. The molecule has 1 aromatic carbocycles. The number of hydrogen-bond acceptors (Lipinski definition) is 2. The molecule has 0 aromatic heterocycles. The Bertz CT molecular complexity index is 272. The molecule has 1 aromatic rings. The molecule has 96 valence electrons. The maximum atomic E-state index is 9.69. The van der Waals surface area contributed by atoms with Gasteiger partial charge in [0, 0.05) is 6.61 Å². The lowest BCUT2D eigenvalue weighted by atomic mass is 10.1. The van der Waals surface area contributed by atoms with Crippen LogP contribution in [0.1, 0.15) is 44.6 Å². The van der Waals surface area contributed by atoms with Crippen LogP contribution in [0.4, 0.5) is 0 Å². The second-order valence-corrected chi connectivity index (χ2v) is 4.48. The van der Waals surface area contributed by atoms with Crippen LogP contribution in [0.3, 0.4) is 0 Å². The summed E-state index contributed by atoms with van der Waals surface area (Å²) in [5.74, 6) is 0. The highest BCUT2D eigenvalue weighted by atomic mass is 16.5. The van der Waals surface area contributed by atoms with Crippen LogP contribution in [0.2, 0.25) is 0 Å². The Morgan fingerprint density at radius 1 is 1.12 bits per heavy atom. The average molecular weight is 236 g/mol. The quantitative estimate of drug-likeness (QED) is 0.665. The smallest absolute Gasteiger partial charge is 0.0716 e. The van der Waals surface area contributed by atoms with Crippen molar-refractivity contribution in [3.63, 3.8) is 0 Å². The molecule has 2 heteroatoms. The summed E-state index contributed by atoms with van der Waals surface area (Å²) in [4.78, 5) is 0. The van der Waals surface area contributed by atoms with Crippen molar-refractivity contribution in [3.8, 4) is 0 Å². The highest BCUT2D eigenvalue weighted by molar-refractivity contribution is 5.13. The predicted octanol–water partition coefficient (Wildman–Crippen LogP) is 3.53. The first-order valence-electron chi connectivity index (χ1n) is 6.62. The Kier molecular flexibility index (Phi) is 7.69. The minimum Gasteiger partial charge on any atom is -0.393 e. The van der Waals surface area contributed by atoms with E-state index in [1.54, 1.807) is 0 Å². The fraction of sp³-hybridized carbons (Fsp3) is 0.600. The fourth-order valence-corrected chi connectivity index (χ4v) is 1.76. The largest absolute Gasteiger partial charge is 0.393 e. The molecule has 0 aliphatic heterocycles. The van der Waals surface area contributed by atoms with E-state index < -0.39 is 0 Å². The Morgan fingerprint density at radius 3 is 2.59 bits per heavy atom. The van der Waals surface area contributed by atoms with Crippen LogP contribution in [-0.2, 0) is 11.3 Å². The summed E-state index contributed by atoms with van der Waals surface area (Å²) in [6, 6.07) is 10.1. The summed E-state index contributed by atoms with van der Waals surface area (Å²) in [6.45, 7) is 3.46. The van der Waals surface area contributed by atoms with Crippen LogP contribution >= 0.6 is 0 Å². The normalized spacial score (nSPS) is 12.6. The van der Waals surface area contributed by atoms with E-state index in [-0.39, 0.29) is 6.10 Å². The lowest BCUT2D eigenvalue weighted by Gasteiger charge is -2.10. The van der Waals surface area contributed by atoms with E-state index >= 15 is 0 Å². The molecule has 2 nitrogen and oxygen atoms in total. The molecule has 1 N–H and O–H groups in total. The van der Waals surface area contributed by atoms with Gasteiger partial charge in [-0.2, -0.15) is 0 Å². The number of aliphatic hydroxyl groups is 1. The van der Waals surface area contributed by atoms with E-state index in [0.29, 0.717) is 13.2 Å². The zero-order chi connectivity index (χ0) is 12.3. The van der Waals surface area contributed by atoms with E-state index in [4.69, 9.17) is 4.74 Å². The molecule has 1 rings (SSSR count). The van der Waals surface area contributed by atoms with Crippen molar-refractivity contribution in [1.29, 1.82) is 0 Å². The maximum absolute atomic E-state index is 9.69. The first-order valence-corrected chi connectivity index (χ1v) is 6.62. The molecular weight excluding hydrogens is 212 g/mol. The van der Waals surface area contributed by atoms with Gasteiger partial charge < -0.3 is 9.84 Å². The summed E-state index contributed by atoms with van der Waals surface area (Å²) < 4.78 is 5.54. The van der Waals surface area contributed by atoms with Gasteiger partial charge in [0.15, 0.2) is 0 Å². The van der Waals surface area contributed by atoms with Crippen molar-refractivity contribution >= 4 is 0 Å². The topological polar surface area (TPSA) is 29.5 Å². The van der Waals surface area contributed by atoms with Crippen molar-refractivity contribution in [3.05, 3.63) is 35.9 Å². The van der Waals surface area contributed by atoms with Gasteiger partial charge in [-0.15, -0.1) is 0 Å². The molecule has 1 unspecified atom stereocenters. The zero-order valence-electron chi connectivity index (χ0n) is 10.8. The van der Waals surface area contributed by atoms with E-state index in [1.165, 1.54) is 18.4 Å². The van der Waals surface area contributed by atoms with Crippen LogP contribution in [0.15, 0.2) is 30.3 Å². The van der Waals surface area contributed by atoms with Gasteiger partial charge in [-0.3, -0.25) is 0 Å². The molecule has 0 heterocycles. The highest BCUT2D eigenvalue weighted by Gasteiger charge is 2.03. The SMILES string of the molecule is CCCCCC(O)CCOCc1ccccc1. The molecule has 0 fully saturated rings. The third kappa shape index (κ3) is 7.14. The maximum Gasteiger partial charge on any atom is 0.0716 e. The van der Waals surface area contributed by atoms with Crippen molar-refractivity contribution in [2.75, 3.05) is 6.61 Å². The Labute approximate surface area is 105 Å². The molecule has 0 aliphatic carbocycles. The lowest BCUT2D eigenvalue weighted by molar-refractivity contribution is 0.0690. The number of hydrogen-bond donors (Lipinski definition) is 1. The van der Waals surface area contributed by atoms with Crippen molar-refractivity contribution < 1.29 is 9.84 Å². The Hall–Kier alpha value is -0.860. The molecule has 0 saturated carbocycles. The van der Waals surface area contributed by atoms with Gasteiger partial charge in [-0.25, -0.2) is 0 Å². The second kappa shape index (κ2) is 9.20. The average Bonchev–Trinajstić information content (AvgIpc) is 2.36. The number of rotatable bonds is 9. The van der Waals surface area contributed by atoms with Crippen LogP contribution in [0, 0.1) is 0 Å². The number of aliphatic hydroxyl groups excluding tert-OH is 1. The zero-order valence-corrected chi connectivity index (χ0v) is 10.8. The Balaban J connectivity index is 2.00. The first-order chi connectivity index (χ1) is 8.33. The highest BCUT2D eigenvalue weighted by Crippen LogP contribution is 2.07. The van der Waals surface area contributed by atoms with E-state index in [2.05, 4.69) is 19.1 Å². The van der Waals surface area contributed by atoms with Crippen molar-refractivity contribution in [2.45, 2.75) is 51.7 Å². The third-order valence-corrected chi connectivity index (χ3v) is 2.85. The van der Waals surface area contributed by atoms with Crippen LogP contribution in [0.25, 0.3) is 0 Å². The van der Waals surface area contributed by atoms with Gasteiger partial charge in [-0.05, 0) is 18.4 Å². The van der Waals surface area contributed by atoms with Crippen molar-refractivity contribution in [2.24, 2.45) is 0 Å². The summed E-state index contributed by atoms with van der Waals surface area (Å²) in [5.41, 5.74) is 1.19. The van der Waals surface area contributed by atoms with Gasteiger partial charge in [0.1, 0.15) is 0 Å². The molecule has 0 spiro atoms. The predicted molar refractivity (Wildman–Crippen MR) is 70.9 cm³/mol. The molecule has 17 heavy (non-hydrogen) atoms. The Morgan fingerprint density at radius 2 is 1.88 bits per heavy atom. The summed E-state index contributed by atoms with van der Waals surface area (Å²) in [5, 5.41) is 9.69. The van der Waals surface area contributed by atoms with Crippen LogP contribution in [-0.4, -0.2) is 17.8 Å². The standard InChI is InChI=1S/C15H24O2/c1-2-3-5-10-15(16)11-12-17-13-14-8-6-4-7-9-14/h4,6-9,15-16H,2-3,5,10-13H2,1H3. The number of ether oxygens (including phenoxy) is 1. The number of benzene rings is 1. The molecule has 0 aliphatic rings. The summed E-state index contributed by atoms with van der Waals surface area (Å²) >= 11 is 0. The van der Waals surface area contributed by atoms with E-state index in [9.17, 15) is 5.11 Å². The summed E-state index contributed by atoms with van der Waals surface area (Å²) in [6.07, 6.45) is 4.99. The molecule has 0 saturated heterocycles. The lowest BCUT2D eigenvalue weighted by Crippen LogP contribution is -2.10. The van der Waals surface area contributed by atoms with Crippen molar-refractivity contribution in [1.82, 2.24) is 0 Å². The van der Waals surface area contributed by atoms with Gasteiger partial charge in [0.2, 0.25) is 0 Å². The van der Waals surface area contributed by atoms with E-state index in [0.717, 1.165) is 19.3 Å². The van der Waals surface area contributed by atoms with Crippen LogP contribution < -0.4 is 0 Å². The monoisotopic (exact) mass is 236 g/mol. The minimum absolute atomic E-state index is 0.197. The van der Waals surface area contributed by atoms with Gasteiger partial charge in [0.25, 0.3) is 0 Å². The van der Waals surface area contributed by atoms with Gasteiger partial charge in [0.05, 0.1) is 12.7 Å². The first kappa shape index (κ1) is 14.2. The van der Waals surface area contributed by atoms with Gasteiger partial charge >= 0.3 is 0 Å². The fourth-order valence-electron chi connectivity index (χ4n) is 1.76. The molecule has 0 amide bonds. The number of unbranched alkanes of at least 4 members (excludes halogenated alkanes) is 2. The van der Waals surface area contributed by atoms with E-state index in [1.807, 2.05) is 18.2 Å². The minimum atomic E-state index is -0.197. The molecular formula is C15H24O2. The van der Waals surface area contributed by atoms with Crippen LogP contribution in [0.5, 0.6) is 0 Å².